The van der Waals surface area contributed by atoms with Crippen molar-refractivity contribution in [2.45, 2.75) is 30.3 Å². The fraction of sp³-hybridized carbons (Fsp3) is 0.175. The summed E-state index contributed by atoms with van der Waals surface area (Å²) in [4.78, 5) is 40.5. The third-order valence-corrected chi connectivity index (χ3v) is 8.97. The van der Waals surface area contributed by atoms with E-state index in [1.165, 1.54) is 7.05 Å². The van der Waals surface area contributed by atoms with Crippen LogP contribution in [-0.2, 0) is 19.9 Å². The van der Waals surface area contributed by atoms with Gasteiger partial charge in [-0.1, -0.05) is 140 Å². The van der Waals surface area contributed by atoms with E-state index in [0.29, 0.717) is 0 Å². The zero-order valence-corrected chi connectivity index (χ0v) is 26.1. The molecule has 1 aliphatic carbocycles. The quantitative estimate of drug-likeness (QED) is 0.152. The Morgan fingerprint density at radius 1 is 0.702 bits per heavy atom. The van der Waals surface area contributed by atoms with E-state index in [2.05, 4.69) is 17.4 Å². The molecule has 2 N–H and O–H groups in total. The number of aliphatic carboxylic acids is 1. The smallest absolute Gasteiger partial charge is 0.410 e. The summed E-state index contributed by atoms with van der Waals surface area (Å²) in [5.74, 6) is -1.72. The van der Waals surface area contributed by atoms with E-state index in [0.717, 1.165) is 43.8 Å². The third-order valence-electron chi connectivity index (χ3n) is 8.97. The molecule has 236 valence electrons. The third kappa shape index (κ3) is 6.25. The lowest BCUT2D eigenvalue weighted by molar-refractivity contribution is -0.142. The maximum absolute atomic E-state index is 13.8. The molecule has 47 heavy (non-hydrogen) atoms. The number of fused-ring (bicyclic) bond motifs is 3. The summed E-state index contributed by atoms with van der Waals surface area (Å²) in [6.45, 7) is 0.0672. The van der Waals surface area contributed by atoms with Gasteiger partial charge in [-0.15, -0.1) is 0 Å². The van der Waals surface area contributed by atoms with Crippen LogP contribution in [0.1, 0.15) is 46.6 Å². The van der Waals surface area contributed by atoms with Gasteiger partial charge in [-0.05, 0) is 45.4 Å². The van der Waals surface area contributed by atoms with Gasteiger partial charge in [0.2, 0.25) is 5.91 Å². The molecule has 6 rings (SSSR count). The fourth-order valence-corrected chi connectivity index (χ4v) is 6.63. The average molecular weight is 625 g/mol. The molecule has 2 amide bonds. The second-order valence-electron chi connectivity index (χ2n) is 11.7. The molecule has 0 bridgehead atoms. The number of benzene rings is 5. The van der Waals surface area contributed by atoms with Crippen molar-refractivity contribution >= 4 is 18.0 Å². The first-order valence-electron chi connectivity index (χ1n) is 15.7. The first-order valence-corrected chi connectivity index (χ1v) is 15.7. The van der Waals surface area contributed by atoms with Crippen LogP contribution in [0.3, 0.4) is 0 Å². The van der Waals surface area contributed by atoms with Gasteiger partial charge >= 0.3 is 12.1 Å². The summed E-state index contributed by atoms with van der Waals surface area (Å²) in [5, 5.41) is 13.4. The van der Waals surface area contributed by atoms with E-state index in [4.69, 9.17) is 4.74 Å². The lowest BCUT2D eigenvalue weighted by Gasteiger charge is -2.37. The van der Waals surface area contributed by atoms with E-state index in [1.807, 2.05) is 127 Å². The van der Waals surface area contributed by atoms with Crippen molar-refractivity contribution in [3.05, 3.63) is 167 Å². The van der Waals surface area contributed by atoms with Crippen molar-refractivity contribution in [3.63, 3.8) is 0 Å². The van der Waals surface area contributed by atoms with Crippen molar-refractivity contribution in [2.75, 3.05) is 13.7 Å². The molecule has 7 nitrogen and oxygen atoms in total. The lowest BCUT2D eigenvalue weighted by Crippen LogP contribution is -2.49. The van der Waals surface area contributed by atoms with E-state index in [1.54, 1.807) is 0 Å². The first-order chi connectivity index (χ1) is 22.9. The highest BCUT2D eigenvalue weighted by Gasteiger charge is 2.38. The zero-order valence-electron chi connectivity index (χ0n) is 26.1. The van der Waals surface area contributed by atoms with Crippen LogP contribution in [-0.4, -0.2) is 47.7 Å². The van der Waals surface area contributed by atoms with Gasteiger partial charge in [0.1, 0.15) is 18.2 Å². The molecule has 0 saturated heterocycles. The minimum absolute atomic E-state index is 0.0672. The average Bonchev–Trinajstić information content (AvgIpc) is 3.44. The summed E-state index contributed by atoms with van der Waals surface area (Å²) in [6.07, 6.45) is -0.991. The Hall–Kier alpha value is -5.69. The van der Waals surface area contributed by atoms with Gasteiger partial charge in [0.25, 0.3) is 0 Å². The molecule has 0 heterocycles. The maximum Gasteiger partial charge on any atom is 0.410 e. The maximum atomic E-state index is 13.8. The molecule has 0 radical (unpaired) electrons. The molecule has 0 aromatic heterocycles. The normalized spacial score (nSPS) is 12.8. The van der Waals surface area contributed by atoms with Crippen molar-refractivity contribution in [1.29, 1.82) is 0 Å². The summed E-state index contributed by atoms with van der Waals surface area (Å²) in [5.41, 5.74) is 5.87. The second-order valence-corrected chi connectivity index (χ2v) is 11.7. The molecule has 5 aromatic carbocycles. The van der Waals surface area contributed by atoms with Gasteiger partial charge in [-0.3, -0.25) is 9.69 Å². The topological polar surface area (TPSA) is 95.9 Å². The molecule has 1 aliphatic rings. The number of hydrogen-bond acceptors (Lipinski definition) is 4. The predicted octanol–water partition coefficient (Wildman–Crippen LogP) is 7.21. The van der Waals surface area contributed by atoms with E-state index in [9.17, 15) is 19.5 Å². The zero-order chi connectivity index (χ0) is 32.8. The number of carboxylic acids is 1. The molecular weight excluding hydrogens is 588 g/mol. The van der Waals surface area contributed by atoms with Gasteiger partial charge < -0.3 is 15.2 Å². The number of nitrogens with one attached hydrogen (secondary N) is 1. The summed E-state index contributed by atoms with van der Waals surface area (Å²) >= 11 is 0. The lowest BCUT2D eigenvalue weighted by atomic mass is 9.77. The minimum atomic E-state index is -1.27. The Bertz CT molecular complexity index is 1720. The Labute approximate surface area is 274 Å². The molecular formula is C40H36N2O5. The highest BCUT2D eigenvalue weighted by Crippen LogP contribution is 2.44. The minimum Gasteiger partial charge on any atom is -0.480 e. The molecule has 0 spiro atoms. The standard InChI is InChI=1S/C40H36N2O5/c1-42(39(46)47-27-35-33-23-13-11-21-31(33)32-22-12-14-24-34(32)35)36(38(44)45)25-26-37(43)41-40(28-15-5-2-6-16-28,29-17-7-3-8-18-29)30-19-9-4-10-20-30/h2-24,35-36H,25-27H2,1H3,(H,41,43)(H,44,45)/t36-/m0/s1. The van der Waals surface area contributed by atoms with Crippen LogP contribution < -0.4 is 5.32 Å². The van der Waals surface area contributed by atoms with Crippen LogP contribution >= 0.6 is 0 Å². The van der Waals surface area contributed by atoms with Crippen molar-refractivity contribution < 1.29 is 24.2 Å². The van der Waals surface area contributed by atoms with Gasteiger partial charge in [0, 0.05) is 19.4 Å². The second kappa shape index (κ2) is 13.7. The molecule has 0 unspecified atom stereocenters. The SMILES string of the molecule is CN(C(=O)OCC1c2ccccc2-c2ccccc21)[C@@H](CCC(=O)NC(c1ccccc1)(c1ccccc1)c1ccccc1)C(=O)O. The highest BCUT2D eigenvalue weighted by molar-refractivity contribution is 5.83. The molecule has 1 atom stereocenters. The highest BCUT2D eigenvalue weighted by atomic mass is 16.6. The van der Waals surface area contributed by atoms with Crippen LogP contribution in [0.2, 0.25) is 0 Å². The number of likely N-dealkylation sites (N-methyl/N-ethyl adjacent to an activating group) is 1. The summed E-state index contributed by atoms with van der Waals surface area (Å²) in [6, 6.07) is 43.8. The largest absolute Gasteiger partial charge is 0.480 e. The Morgan fingerprint density at radius 3 is 1.57 bits per heavy atom. The van der Waals surface area contributed by atoms with Crippen molar-refractivity contribution in [1.82, 2.24) is 10.2 Å². The molecule has 5 aromatic rings. The number of carbonyl (C=O) groups is 3. The van der Waals surface area contributed by atoms with Crippen LogP contribution in [0.25, 0.3) is 11.1 Å². The monoisotopic (exact) mass is 624 g/mol. The number of ether oxygens (including phenoxy) is 1. The number of carbonyl (C=O) groups excluding carboxylic acids is 2. The van der Waals surface area contributed by atoms with Gasteiger partial charge in [-0.2, -0.15) is 0 Å². The molecule has 0 saturated carbocycles. The van der Waals surface area contributed by atoms with E-state index in [-0.39, 0.29) is 31.3 Å². The van der Waals surface area contributed by atoms with E-state index >= 15 is 0 Å². The van der Waals surface area contributed by atoms with Gasteiger partial charge in [0.05, 0.1) is 0 Å². The number of rotatable bonds is 11. The molecule has 0 aliphatic heterocycles. The summed E-state index contributed by atoms with van der Waals surface area (Å²) < 4.78 is 5.72. The van der Waals surface area contributed by atoms with E-state index < -0.39 is 23.6 Å². The Morgan fingerprint density at radius 2 is 1.13 bits per heavy atom. The van der Waals surface area contributed by atoms with Crippen LogP contribution in [0.15, 0.2) is 140 Å². The summed E-state index contributed by atoms with van der Waals surface area (Å²) in [7, 11) is 1.40. The van der Waals surface area contributed by atoms with Crippen molar-refractivity contribution in [3.8, 4) is 11.1 Å². The van der Waals surface area contributed by atoms with Crippen LogP contribution in [0.5, 0.6) is 0 Å². The van der Waals surface area contributed by atoms with Crippen LogP contribution in [0.4, 0.5) is 4.79 Å². The van der Waals surface area contributed by atoms with Crippen LogP contribution in [0, 0.1) is 0 Å². The van der Waals surface area contributed by atoms with Gasteiger partial charge in [0.15, 0.2) is 0 Å². The number of nitrogens with zero attached hydrogens (tertiary/aromatic N) is 1. The predicted molar refractivity (Wildman–Crippen MR) is 181 cm³/mol. The molecule has 0 fully saturated rings. The first kappa shape index (κ1) is 31.3. The Balaban J connectivity index is 1.18. The number of carboxylic acid groups (broad SMARTS) is 1. The van der Waals surface area contributed by atoms with Crippen molar-refractivity contribution in [2.24, 2.45) is 0 Å². The molecule has 7 heteroatoms. The number of amides is 2. The Kier molecular flexibility index (Phi) is 9.16. The van der Waals surface area contributed by atoms with Gasteiger partial charge in [-0.25, -0.2) is 9.59 Å². The number of hydrogen-bond donors (Lipinski definition) is 2. The fourth-order valence-electron chi connectivity index (χ4n) is 6.63.